The van der Waals surface area contributed by atoms with E-state index in [1.165, 1.54) is 5.56 Å². The first-order chi connectivity index (χ1) is 8.87. The fourth-order valence-corrected chi connectivity index (χ4v) is 2.06. The van der Waals surface area contributed by atoms with Gasteiger partial charge < -0.3 is 16.0 Å². The fourth-order valence-electron chi connectivity index (χ4n) is 2.06. The van der Waals surface area contributed by atoms with Crippen molar-refractivity contribution in [2.24, 2.45) is 0 Å². The smallest absolute Gasteiger partial charge is 0.123 e. The van der Waals surface area contributed by atoms with Gasteiger partial charge in [0, 0.05) is 17.8 Å². The number of aromatic nitrogens is 1. The van der Waals surface area contributed by atoms with Crippen LogP contribution in [0.3, 0.4) is 0 Å². The zero-order valence-corrected chi connectivity index (χ0v) is 12.9. The predicted octanol–water partition coefficient (Wildman–Crippen LogP) is 1.91. The molecule has 19 heavy (non-hydrogen) atoms. The highest BCUT2D eigenvalue weighted by Crippen LogP contribution is 2.20. The molecule has 1 aromatic rings. The summed E-state index contributed by atoms with van der Waals surface area (Å²) in [4.78, 5) is 6.32. The van der Waals surface area contributed by atoms with E-state index in [9.17, 15) is 0 Å². The predicted molar refractivity (Wildman–Crippen MR) is 82.2 cm³/mol. The number of nitrogen functional groups attached to an aromatic ring is 1. The Kier molecular flexibility index (Phi) is 5.76. The van der Waals surface area contributed by atoms with Gasteiger partial charge >= 0.3 is 0 Å². The molecule has 1 unspecified atom stereocenters. The molecule has 0 bridgehead atoms. The summed E-state index contributed by atoms with van der Waals surface area (Å²) >= 11 is 0. The van der Waals surface area contributed by atoms with Crippen molar-refractivity contribution in [2.45, 2.75) is 45.2 Å². The van der Waals surface area contributed by atoms with Crippen molar-refractivity contribution in [1.29, 1.82) is 0 Å². The van der Waals surface area contributed by atoms with Gasteiger partial charge in [0.2, 0.25) is 0 Å². The van der Waals surface area contributed by atoms with E-state index >= 15 is 0 Å². The van der Waals surface area contributed by atoms with Crippen LogP contribution in [0.1, 0.15) is 32.8 Å². The Labute approximate surface area is 117 Å². The SMILES string of the molecule is CCCNC(Cc1ccnc(N)c1)C(C)(C)N(C)C. The third-order valence-corrected chi connectivity index (χ3v) is 3.93. The molecule has 0 aliphatic carbocycles. The van der Waals surface area contributed by atoms with Gasteiger partial charge in [-0.25, -0.2) is 4.98 Å². The molecule has 0 amide bonds. The second-order valence-corrected chi connectivity index (χ2v) is 5.85. The van der Waals surface area contributed by atoms with Crippen LogP contribution in [0.25, 0.3) is 0 Å². The maximum atomic E-state index is 5.76. The van der Waals surface area contributed by atoms with Gasteiger partial charge in [0.05, 0.1) is 0 Å². The lowest BCUT2D eigenvalue weighted by Gasteiger charge is -2.41. The summed E-state index contributed by atoms with van der Waals surface area (Å²) in [7, 11) is 4.25. The number of hydrogen-bond donors (Lipinski definition) is 2. The Morgan fingerprint density at radius 3 is 2.63 bits per heavy atom. The number of nitrogens with zero attached hydrogens (tertiary/aromatic N) is 2. The van der Waals surface area contributed by atoms with E-state index in [0.29, 0.717) is 11.9 Å². The third-order valence-electron chi connectivity index (χ3n) is 3.93. The second kappa shape index (κ2) is 6.87. The van der Waals surface area contributed by atoms with Crippen LogP contribution in [0.4, 0.5) is 5.82 Å². The molecular weight excluding hydrogens is 236 g/mol. The highest BCUT2D eigenvalue weighted by Gasteiger charge is 2.31. The van der Waals surface area contributed by atoms with Gasteiger partial charge in [0.25, 0.3) is 0 Å². The van der Waals surface area contributed by atoms with Crippen molar-refractivity contribution in [3.63, 3.8) is 0 Å². The summed E-state index contributed by atoms with van der Waals surface area (Å²) in [5.41, 5.74) is 7.07. The lowest BCUT2D eigenvalue weighted by atomic mass is 9.88. The molecular formula is C15H28N4. The van der Waals surface area contributed by atoms with Gasteiger partial charge in [-0.15, -0.1) is 0 Å². The standard InChI is InChI=1S/C15H28N4/c1-6-8-17-13(15(2,3)19(4)5)10-12-7-9-18-14(16)11-12/h7,9,11,13,17H,6,8,10H2,1-5H3,(H2,16,18). The third kappa shape index (κ3) is 4.48. The zero-order valence-electron chi connectivity index (χ0n) is 12.9. The van der Waals surface area contributed by atoms with Crippen molar-refractivity contribution in [1.82, 2.24) is 15.2 Å². The molecule has 1 heterocycles. The number of pyridine rings is 1. The Hall–Kier alpha value is -1.13. The molecule has 1 aromatic heterocycles. The monoisotopic (exact) mass is 264 g/mol. The number of nitrogens with two attached hydrogens (primary N) is 1. The molecule has 0 spiro atoms. The normalized spacial score (nSPS) is 13.8. The van der Waals surface area contributed by atoms with E-state index in [0.717, 1.165) is 19.4 Å². The van der Waals surface area contributed by atoms with Crippen LogP contribution < -0.4 is 11.1 Å². The van der Waals surface area contributed by atoms with Crippen LogP contribution in [0.2, 0.25) is 0 Å². The topological polar surface area (TPSA) is 54.2 Å². The Balaban J connectivity index is 2.85. The quantitative estimate of drug-likeness (QED) is 0.790. The molecule has 0 radical (unpaired) electrons. The Morgan fingerprint density at radius 1 is 1.42 bits per heavy atom. The number of anilines is 1. The lowest BCUT2D eigenvalue weighted by molar-refractivity contribution is 0.137. The van der Waals surface area contributed by atoms with Crippen molar-refractivity contribution in [3.8, 4) is 0 Å². The summed E-state index contributed by atoms with van der Waals surface area (Å²) in [6, 6.07) is 4.39. The minimum absolute atomic E-state index is 0.0766. The van der Waals surface area contributed by atoms with E-state index < -0.39 is 0 Å². The molecule has 0 aliphatic heterocycles. The Bertz CT molecular complexity index is 387. The maximum absolute atomic E-state index is 5.76. The summed E-state index contributed by atoms with van der Waals surface area (Å²) in [5.74, 6) is 0.592. The van der Waals surface area contributed by atoms with Gasteiger partial charge in [0.1, 0.15) is 5.82 Å². The number of rotatable bonds is 7. The molecule has 0 aromatic carbocycles. The van der Waals surface area contributed by atoms with Crippen molar-refractivity contribution in [3.05, 3.63) is 23.9 Å². The first-order valence-corrected chi connectivity index (χ1v) is 6.99. The van der Waals surface area contributed by atoms with Crippen LogP contribution in [0, 0.1) is 0 Å². The highest BCUT2D eigenvalue weighted by molar-refractivity contribution is 5.32. The molecule has 3 N–H and O–H groups in total. The van der Waals surface area contributed by atoms with Crippen LogP contribution in [-0.4, -0.2) is 42.1 Å². The van der Waals surface area contributed by atoms with Gasteiger partial charge in [0.15, 0.2) is 0 Å². The van der Waals surface area contributed by atoms with E-state index in [1.54, 1.807) is 6.20 Å². The summed E-state index contributed by atoms with van der Waals surface area (Å²) in [5, 5.41) is 3.66. The molecule has 0 saturated carbocycles. The van der Waals surface area contributed by atoms with Crippen LogP contribution >= 0.6 is 0 Å². The van der Waals surface area contributed by atoms with E-state index in [2.05, 4.69) is 50.1 Å². The molecule has 108 valence electrons. The van der Waals surface area contributed by atoms with Gasteiger partial charge in [-0.1, -0.05) is 6.92 Å². The van der Waals surface area contributed by atoms with Crippen LogP contribution in [0.15, 0.2) is 18.3 Å². The molecule has 4 nitrogen and oxygen atoms in total. The van der Waals surface area contributed by atoms with Crippen molar-refractivity contribution < 1.29 is 0 Å². The summed E-state index contributed by atoms with van der Waals surface area (Å²) < 4.78 is 0. The summed E-state index contributed by atoms with van der Waals surface area (Å²) in [6.45, 7) is 7.76. The van der Waals surface area contributed by atoms with E-state index in [4.69, 9.17) is 5.73 Å². The van der Waals surface area contributed by atoms with Crippen molar-refractivity contribution in [2.75, 3.05) is 26.4 Å². The number of likely N-dealkylation sites (N-methyl/N-ethyl adjacent to an activating group) is 1. The maximum Gasteiger partial charge on any atom is 0.123 e. The van der Waals surface area contributed by atoms with Gasteiger partial charge in [-0.05, 0) is 65.0 Å². The highest BCUT2D eigenvalue weighted by atomic mass is 15.2. The average molecular weight is 264 g/mol. The fraction of sp³-hybridized carbons (Fsp3) is 0.667. The molecule has 0 fully saturated rings. The van der Waals surface area contributed by atoms with Crippen molar-refractivity contribution >= 4 is 5.82 Å². The minimum atomic E-state index is 0.0766. The number of hydrogen-bond acceptors (Lipinski definition) is 4. The molecule has 1 atom stereocenters. The van der Waals surface area contributed by atoms with Crippen LogP contribution in [0.5, 0.6) is 0 Å². The largest absolute Gasteiger partial charge is 0.384 e. The van der Waals surface area contributed by atoms with Gasteiger partial charge in [-0.2, -0.15) is 0 Å². The lowest BCUT2D eigenvalue weighted by Crippen LogP contribution is -2.56. The first-order valence-electron chi connectivity index (χ1n) is 6.99. The van der Waals surface area contributed by atoms with E-state index in [1.807, 2.05) is 12.1 Å². The zero-order chi connectivity index (χ0) is 14.5. The first kappa shape index (κ1) is 15.9. The van der Waals surface area contributed by atoms with E-state index in [-0.39, 0.29) is 5.54 Å². The minimum Gasteiger partial charge on any atom is -0.384 e. The molecule has 0 aliphatic rings. The number of nitrogens with one attached hydrogen (secondary N) is 1. The molecule has 4 heteroatoms. The Morgan fingerprint density at radius 2 is 2.11 bits per heavy atom. The second-order valence-electron chi connectivity index (χ2n) is 5.85. The van der Waals surface area contributed by atoms with Crippen LogP contribution in [-0.2, 0) is 6.42 Å². The van der Waals surface area contributed by atoms with Gasteiger partial charge in [-0.3, -0.25) is 0 Å². The summed E-state index contributed by atoms with van der Waals surface area (Å²) in [6.07, 6.45) is 3.88. The molecule has 1 rings (SSSR count). The average Bonchev–Trinajstić information content (AvgIpc) is 2.34. The molecule has 0 saturated heterocycles.